The number of likely N-dealkylation sites (N-methyl/N-ethyl adjacent to an activating group) is 1. The van der Waals surface area contributed by atoms with E-state index in [-0.39, 0.29) is 0 Å². The van der Waals surface area contributed by atoms with Crippen LogP contribution in [0.3, 0.4) is 0 Å². The molecule has 1 aromatic carbocycles. The molecule has 0 bridgehead atoms. The largest absolute Gasteiger partial charge is 0.383 e. The van der Waals surface area contributed by atoms with Crippen molar-refractivity contribution >= 4 is 5.69 Å². The Hall–Kier alpha value is -1.02. The molecule has 0 aromatic heterocycles. The zero-order valence-corrected chi connectivity index (χ0v) is 10.0. The minimum Gasteiger partial charge on any atom is -0.383 e. The van der Waals surface area contributed by atoms with Gasteiger partial charge >= 0.3 is 0 Å². The molecule has 0 aliphatic heterocycles. The lowest BCUT2D eigenvalue weighted by atomic mass is 10.2. The summed E-state index contributed by atoms with van der Waals surface area (Å²) in [6.07, 6.45) is 0. The highest BCUT2D eigenvalue weighted by molar-refractivity contribution is 5.42. The first-order valence-electron chi connectivity index (χ1n) is 5.80. The molecule has 0 fully saturated rings. The van der Waals surface area contributed by atoms with Crippen LogP contribution in [0.25, 0.3) is 0 Å². The van der Waals surface area contributed by atoms with Crippen molar-refractivity contribution in [1.29, 1.82) is 0 Å². The van der Waals surface area contributed by atoms with Crippen LogP contribution >= 0.6 is 0 Å². The van der Waals surface area contributed by atoms with Gasteiger partial charge in [-0.15, -0.1) is 0 Å². The number of para-hydroxylation sites is 1. The summed E-state index contributed by atoms with van der Waals surface area (Å²) in [5, 5.41) is 3.45. The summed E-state index contributed by atoms with van der Waals surface area (Å²) in [6, 6.07) is 11.0. The van der Waals surface area contributed by atoms with Gasteiger partial charge in [-0.3, -0.25) is 4.90 Å². The molecule has 1 rings (SSSR count). The van der Waals surface area contributed by atoms with E-state index in [2.05, 4.69) is 55.3 Å². The van der Waals surface area contributed by atoms with Crippen LogP contribution in [-0.4, -0.2) is 30.6 Å². The average molecular weight is 206 g/mol. The van der Waals surface area contributed by atoms with Gasteiger partial charge in [0.25, 0.3) is 0 Å². The molecular weight excluding hydrogens is 184 g/mol. The van der Waals surface area contributed by atoms with E-state index in [4.69, 9.17) is 0 Å². The zero-order chi connectivity index (χ0) is 11.1. The van der Waals surface area contributed by atoms with Crippen LogP contribution in [0.1, 0.15) is 20.8 Å². The number of hydrogen-bond donors (Lipinski definition) is 1. The zero-order valence-electron chi connectivity index (χ0n) is 10.0. The summed E-state index contributed by atoms with van der Waals surface area (Å²) in [5.41, 5.74) is 1.21. The third kappa shape index (κ3) is 3.92. The van der Waals surface area contributed by atoms with Crippen molar-refractivity contribution in [2.75, 3.05) is 25.0 Å². The molecule has 0 saturated heterocycles. The van der Waals surface area contributed by atoms with E-state index in [1.807, 2.05) is 6.07 Å². The van der Waals surface area contributed by atoms with Gasteiger partial charge in [-0.25, -0.2) is 0 Å². The quantitative estimate of drug-likeness (QED) is 0.770. The standard InChI is InChI=1S/C13H22N2/c1-4-15(5-2)12(3)11-14-13-9-7-6-8-10-13/h6-10,12,14H,4-5,11H2,1-3H3. The Morgan fingerprint density at radius 1 is 1.13 bits per heavy atom. The maximum Gasteiger partial charge on any atom is 0.0340 e. The average Bonchev–Trinajstić information content (AvgIpc) is 2.29. The second-order valence-corrected chi connectivity index (χ2v) is 3.82. The van der Waals surface area contributed by atoms with Crippen molar-refractivity contribution in [3.05, 3.63) is 30.3 Å². The van der Waals surface area contributed by atoms with Crippen molar-refractivity contribution in [1.82, 2.24) is 4.90 Å². The Labute approximate surface area is 93.3 Å². The molecule has 15 heavy (non-hydrogen) atoms. The van der Waals surface area contributed by atoms with E-state index in [1.54, 1.807) is 0 Å². The molecule has 0 radical (unpaired) electrons. The molecule has 0 heterocycles. The summed E-state index contributed by atoms with van der Waals surface area (Å²) < 4.78 is 0. The van der Waals surface area contributed by atoms with Crippen LogP contribution in [0.5, 0.6) is 0 Å². The maximum atomic E-state index is 3.45. The molecular formula is C13H22N2. The number of benzene rings is 1. The smallest absolute Gasteiger partial charge is 0.0340 e. The Kier molecular flexibility index (Phi) is 5.19. The third-order valence-electron chi connectivity index (χ3n) is 2.81. The fourth-order valence-corrected chi connectivity index (χ4v) is 1.80. The van der Waals surface area contributed by atoms with Crippen LogP contribution < -0.4 is 5.32 Å². The van der Waals surface area contributed by atoms with Gasteiger partial charge in [-0.1, -0.05) is 32.0 Å². The second-order valence-electron chi connectivity index (χ2n) is 3.82. The molecule has 2 nitrogen and oxygen atoms in total. The summed E-state index contributed by atoms with van der Waals surface area (Å²) in [4.78, 5) is 2.45. The summed E-state index contributed by atoms with van der Waals surface area (Å²) >= 11 is 0. The SMILES string of the molecule is CCN(CC)C(C)CNc1ccccc1. The van der Waals surface area contributed by atoms with Crippen molar-refractivity contribution < 1.29 is 0 Å². The molecule has 1 atom stereocenters. The first-order valence-corrected chi connectivity index (χ1v) is 5.80. The number of anilines is 1. The van der Waals surface area contributed by atoms with E-state index in [9.17, 15) is 0 Å². The van der Waals surface area contributed by atoms with Crippen molar-refractivity contribution in [2.45, 2.75) is 26.8 Å². The van der Waals surface area contributed by atoms with Gasteiger partial charge in [0.15, 0.2) is 0 Å². The van der Waals surface area contributed by atoms with E-state index in [1.165, 1.54) is 5.69 Å². The number of nitrogens with zero attached hydrogens (tertiary/aromatic N) is 1. The van der Waals surface area contributed by atoms with Gasteiger partial charge in [0, 0.05) is 18.3 Å². The first-order chi connectivity index (χ1) is 7.27. The van der Waals surface area contributed by atoms with Gasteiger partial charge in [-0.05, 0) is 32.1 Å². The molecule has 0 aliphatic rings. The molecule has 0 saturated carbocycles. The van der Waals surface area contributed by atoms with Crippen LogP contribution in [0.2, 0.25) is 0 Å². The van der Waals surface area contributed by atoms with Crippen LogP contribution in [0.4, 0.5) is 5.69 Å². The van der Waals surface area contributed by atoms with Crippen molar-refractivity contribution in [3.8, 4) is 0 Å². The summed E-state index contributed by atoms with van der Waals surface area (Å²) in [5.74, 6) is 0. The molecule has 0 aliphatic carbocycles. The lowest BCUT2D eigenvalue weighted by molar-refractivity contribution is 0.240. The van der Waals surface area contributed by atoms with Crippen molar-refractivity contribution in [2.24, 2.45) is 0 Å². The number of rotatable bonds is 6. The van der Waals surface area contributed by atoms with Gasteiger partial charge < -0.3 is 5.32 Å². The van der Waals surface area contributed by atoms with Gasteiger partial charge in [-0.2, -0.15) is 0 Å². The van der Waals surface area contributed by atoms with E-state index in [0.717, 1.165) is 19.6 Å². The summed E-state index contributed by atoms with van der Waals surface area (Å²) in [7, 11) is 0. The molecule has 2 heteroatoms. The monoisotopic (exact) mass is 206 g/mol. The van der Waals surface area contributed by atoms with Gasteiger partial charge in [0.05, 0.1) is 0 Å². The highest BCUT2D eigenvalue weighted by Crippen LogP contribution is 2.06. The second kappa shape index (κ2) is 6.46. The Morgan fingerprint density at radius 3 is 2.27 bits per heavy atom. The molecule has 0 spiro atoms. The fraction of sp³-hybridized carbons (Fsp3) is 0.538. The molecule has 0 amide bonds. The van der Waals surface area contributed by atoms with Crippen LogP contribution in [0, 0.1) is 0 Å². The summed E-state index contributed by atoms with van der Waals surface area (Å²) in [6.45, 7) is 9.93. The van der Waals surface area contributed by atoms with Crippen molar-refractivity contribution in [3.63, 3.8) is 0 Å². The predicted octanol–water partition coefficient (Wildman–Crippen LogP) is 2.83. The lowest BCUT2D eigenvalue weighted by Crippen LogP contribution is -2.37. The number of hydrogen-bond acceptors (Lipinski definition) is 2. The Balaban J connectivity index is 2.36. The normalized spacial score (nSPS) is 12.8. The highest BCUT2D eigenvalue weighted by atomic mass is 15.2. The van der Waals surface area contributed by atoms with Gasteiger partial charge in [0.1, 0.15) is 0 Å². The molecule has 1 N–H and O–H groups in total. The highest BCUT2D eigenvalue weighted by Gasteiger charge is 2.08. The lowest BCUT2D eigenvalue weighted by Gasteiger charge is -2.26. The number of nitrogens with one attached hydrogen (secondary N) is 1. The van der Waals surface area contributed by atoms with Crippen LogP contribution in [-0.2, 0) is 0 Å². The van der Waals surface area contributed by atoms with E-state index >= 15 is 0 Å². The van der Waals surface area contributed by atoms with Gasteiger partial charge in [0.2, 0.25) is 0 Å². The molecule has 84 valence electrons. The van der Waals surface area contributed by atoms with E-state index in [0.29, 0.717) is 6.04 Å². The Morgan fingerprint density at radius 2 is 1.73 bits per heavy atom. The maximum absolute atomic E-state index is 3.45. The van der Waals surface area contributed by atoms with E-state index < -0.39 is 0 Å². The molecule has 1 aromatic rings. The van der Waals surface area contributed by atoms with Crippen LogP contribution in [0.15, 0.2) is 30.3 Å². The minimum absolute atomic E-state index is 0.584. The third-order valence-corrected chi connectivity index (χ3v) is 2.81. The predicted molar refractivity (Wildman–Crippen MR) is 67.3 cm³/mol. The fourth-order valence-electron chi connectivity index (χ4n) is 1.80. The Bertz CT molecular complexity index is 254. The topological polar surface area (TPSA) is 15.3 Å². The first kappa shape index (κ1) is 12.1. The minimum atomic E-state index is 0.584. The molecule has 1 unspecified atom stereocenters.